The molecule has 0 amide bonds. The van der Waals surface area contributed by atoms with Crippen LogP contribution in [0.2, 0.25) is 0 Å². The number of nitrogens with zero attached hydrogens (tertiary/aromatic N) is 6. The Morgan fingerprint density at radius 1 is 0.441 bits per heavy atom. The number of benzene rings is 8. The molecule has 12 aromatic rings. The van der Waals surface area contributed by atoms with E-state index in [0.717, 1.165) is 87.9 Å². The first kappa shape index (κ1) is 32.9. The quantitative estimate of drug-likeness (QED) is 0.175. The Morgan fingerprint density at radius 2 is 1.02 bits per heavy atom. The first-order valence-electron chi connectivity index (χ1n) is 19.5. The summed E-state index contributed by atoms with van der Waals surface area (Å²) in [4.78, 5) is 15.5. The van der Waals surface area contributed by atoms with E-state index < -0.39 is 0 Å². The molecule has 0 saturated carbocycles. The maximum atomic E-state index is 10.2. The molecule has 0 fully saturated rings. The normalized spacial score (nSPS) is 11.7. The van der Waals surface area contributed by atoms with Gasteiger partial charge in [-0.2, -0.15) is 15.2 Å². The molecular formula is C52H30N6O. The molecule has 7 nitrogen and oxygen atoms in total. The highest BCUT2D eigenvalue weighted by Crippen LogP contribution is 2.44. The molecule has 0 aliphatic carbocycles. The maximum Gasteiger partial charge on any atom is 0.238 e. The Hall–Kier alpha value is -8.34. The van der Waals surface area contributed by atoms with Gasteiger partial charge in [-0.25, -0.2) is 4.98 Å². The number of aromatic nitrogens is 5. The van der Waals surface area contributed by atoms with E-state index in [1.807, 2.05) is 66.7 Å². The summed E-state index contributed by atoms with van der Waals surface area (Å²) in [5.74, 6) is 1.40. The third-order valence-electron chi connectivity index (χ3n) is 11.4. The number of fused-ring (bicyclic) bond motifs is 10. The third-order valence-corrected chi connectivity index (χ3v) is 11.4. The van der Waals surface area contributed by atoms with E-state index >= 15 is 0 Å². The Morgan fingerprint density at radius 3 is 1.75 bits per heavy atom. The molecule has 0 radical (unpaired) electrons. The van der Waals surface area contributed by atoms with Gasteiger partial charge in [-0.3, -0.25) is 4.57 Å². The van der Waals surface area contributed by atoms with Crippen molar-refractivity contribution in [3.05, 3.63) is 188 Å². The van der Waals surface area contributed by atoms with Crippen molar-refractivity contribution in [3.8, 4) is 51.6 Å². The SMILES string of the molecule is N#Cc1ccccc1-c1nc(-c2ccccc2)nc(-n2c3ccccc3c3ccc4c5ccccc5n(-c5cc(-c6ccccc6)c6oc7ccccc7c6c5)c4c32)n1. The van der Waals surface area contributed by atoms with Crippen molar-refractivity contribution in [2.24, 2.45) is 0 Å². The van der Waals surface area contributed by atoms with E-state index in [4.69, 9.17) is 19.4 Å². The van der Waals surface area contributed by atoms with E-state index in [-0.39, 0.29) is 0 Å². The zero-order valence-electron chi connectivity index (χ0n) is 31.4. The van der Waals surface area contributed by atoms with Crippen LogP contribution in [0.3, 0.4) is 0 Å². The largest absolute Gasteiger partial charge is 0.455 e. The van der Waals surface area contributed by atoms with Gasteiger partial charge in [0.1, 0.15) is 11.2 Å². The minimum atomic E-state index is 0.425. The van der Waals surface area contributed by atoms with Gasteiger partial charge in [-0.05, 0) is 48.0 Å². The third kappa shape index (κ3) is 4.97. The molecule has 7 heteroatoms. The van der Waals surface area contributed by atoms with Crippen LogP contribution in [0.4, 0.5) is 0 Å². The van der Waals surface area contributed by atoms with Crippen LogP contribution in [0, 0.1) is 11.3 Å². The molecule has 0 unspecified atom stereocenters. The van der Waals surface area contributed by atoms with Crippen LogP contribution in [-0.2, 0) is 0 Å². The molecule has 4 aromatic heterocycles. The molecular weight excluding hydrogens is 725 g/mol. The predicted octanol–water partition coefficient (Wildman–Crippen LogP) is 12.8. The minimum absolute atomic E-state index is 0.425. The first-order chi connectivity index (χ1) is 29.2. The highest BCUT2D eigenvalue weighted by Gasteiger charge is 2.25. The lowest BCUT2D eigenvalue weighted by atomic mass is 10.0. The number of hydrogen-bond acceptors (Lipinski definition) is 5. The van der Waals surface area contributed by atoms with Crippen LogP contribution in [0.25, 0.3) is 111 Å². The van der Waals surface area contributed by atoms with E-state index in [9.17, 15) is 5.26 Å². The van der Waals surface area contributed by atoms with Gasteiger partial charge in [-0.15, -0.1) is 0 Å². The van der Waals surface area contributed by atoms with Crippen molar-refractivity contribution >= 4 is 65.6 Å². The van der Waals surface area contributed by atoms with Crippen molar-refractivity contribution in [2.45, 2.75) is 0 Å². The molecule has 59 heavy (non-hydrogen) atoms. The molecule has 0 aliphatic rings. The summed E-state index contributed by atoms with van der Waals surface area (Å²) in [5, 5.41) is 16.7. The van der Waals surface area contributed by atoms with Gasteiger partial charge in [-0.1, -0.05) is 140 Å². The second-order valence-electron chi connectivity index (χ2n) is 14.7. The summed E-state index contributed by atoms with van der Waals surface area (Å²) < 4.78 is 11.2. The Labute approximate surface area is 337 Å². The van der Waals surface area contributed by atoms with Crippen LogP contribution in [-0.4, -0.2) is 24.1 Å². The molecule has 8 aromatic carbocycles. The Bertz CT molecular complexity index is 3680. The zero-order chi connectivity index (χ0) is 39.0. The van der Waals surface area contributed by atoms with Gasteiger partial charge >= 0.3 is 0 Å². The Kier molecular flexibility index (Phi) is 7.16. The maximum absolute atomic E-state index is 10.2. The summed E-state index contributed by atoms with van der Waals surface area (Å²) in [6.07, 6.45) is 0. The molecule has 0 N–H and O–H groups in total. The summed E-state index contributed by atoms with van der Waals surface area (Å²) in [6.45, 7) is 0. The van der Waals surface area contributed by atoms with Crippen molar-refractivity contribution in [2.75, 3.05) is 0 Å². The second-order valence-corrected chi connectivity index (χ2v) is 14.7. The van der Waals surface area contributed by atoms with Crippen molar-refractivity contribution in [3.63, 3.8) is 0 Å². The topological polar surface area (TPSA) is 85.5 Å². The average Bonchev–Trinajstić information content (AvgIpc) is 3.97. The van der Waals surface area contributed by atoms with Gasteiger partial charge in [0.05, 0.1) is 33.7 Å². The van der Waals surface area contributed by atoms with Crippen LogP contribution < -0.4 is 0 Å². The van der Waals surface area contributed by atoms with Gasteiger partial charge < -0.3 is 8.98 Å². The van der Waals surface area contributed by atoms with Crippen molar-refractivity contribution in [1.82, 2.24) is 24.1 Å². The molecule has 4 heterocycles. The molecule has 12 rings (SSSR count). The first-order valence-corrected chi connectivity index (χ1v) is 19.5. The summed E-state index contributed by atoms with van der Waals surface area (Å²) in [5.41, 5.74) is 10.8. The van der Waals surface area contributed by atoms with Crippen LogP contribution in [0.1, 0.15) is 5.56 Å². The fraction of sp³-hybridized carbons (Fsp3) is 0. The van der Waals surface area contributed by atoms with E-state index in [0.29, 0.717) is 28.7 Å². The molecule has 0 atom stereocenters. The predicted molar refractivity (Wildman–Crippen MR) is 237 cm³/mol. The molecule has 0 bridgehead atoms. The lowest BCUT2D eigenvalue weighted by molar-refractivity contribution is 0.670. The highest BCUT2D eigenvalue weighted by atomic mass is 16.3. The lowest BCUT2D eigenvalue weighted by Gasteiger charge is -2.14. The monoisotopic (exact) mass is 754 g/mol. The fourth-order valence-electron chi connectivity index (χ4n) is 8.83. The highest BCUT2D eigenvalue weighted by molar-refractivity contribution is 6.24. The number of para-hydroxylation sites is 3. The fourth-order valence-corrected chi connectivity index (χ4v) is 8.83. The van der Waals surface area contributed by atoms with Gasteiger partial charge in [0.2, 0.25) is 5.95 Å². The minimum Gasteiger partial charge on any atom is -0.455 e. The average molecular weight is 755 g/mol. The van der Waals surface area contributed by atoms with E-state index in [1.165, 1.54) is 0 Å². The second kappa shape index (κ2) is 12.8. The standard InChI is InChI=1S/C52H30N6O/c53-31-34-19-7-8-20-36(34)51-54-50(33-17-5-2-6-18-33)55-52(56-51)58-45-25-13-10-22-38(45)41-28-27-40-37-21-9-12-24-44(37)57(47(40)48(41)58)35-29-42(32-15-3-1-4-16-32)49-43(30-35)39-23-11-14-26-46(39)59-49/h1-30H. The van der Waals surface area contributed by atoms with Gasteiger partial charge in [0, 0.05) is 54.7 Å². The van der Waals surface area contributed by atoms with Gasteiger partial charge in [0.25, 0.3) is 0 Å². The number of rotatable bonds is 5. The lowest BCUT2D eigenvalue weighted by Crippen LogP contribution is -2.07. The molecule has 0 spiro atoms. The van der Waals surface area contributed by atoms with E-state index in [1.54, 1.807) is 6.07 Å². The van der Waals surface area contributed by atoms with Gasteiger partial charge in [0.15, 0.2) is 11.6 Å². The smallest absolute Gasteiger partial charge is 0.238 e. The summed E-state index contributed by atoms with van der Waals surface area (Å²) in [7, 11) is 0. The van der Waals surface area contributed by atoms with Crippen LogP contribution in [0.15, 0.2) is 186 Å². The van der Waals surface area contributed by atoms with Crippen molar-refractivity contribution in [1.29, 1.82) is 5.26 Å². The molecule has 0 aliphatic heterocycles. The summed E-state index contributed by atoms with van der Waals surface area (Å²) in [6, 6.07) is 64.5. The number of furan rings is 1. The zero-order valence-corrected chi connectivity index (χ0v) is 31.4. The molecule has 0 saturated heterocycles. The van der Waals surface area contributed by atoms with Crippen molar-refractivity contribution < 1.29 is 4.42 Å². The van der Waals surface area contributed by atoms with Crippen LogP contribution >= 0.6 is 0 Å². The van der Waals surface area contributed by atoms with E-state index in [2.05, 4.69) is 124 Å². The van der Waals surface area contributed by atoms with Crippen LogP contribution in [0.5, 0.6) is 0 Å². The number of nitriles is 1. The molecule has 274 valence electrons. The number of hydrogen-bond donors (Lipinski definition) is 0. The Balaban J connectivity index is 1.25. The summed E-state index contributed by atoms with van der Waals surface area (Å²) >= 11 is 0.